The number of benzene rings is 1. The molecule has 1 aliphatic rings. The number of aromatic amines is 2. The third kappa shape index (κ3) is 2.42. The van der Waals surface area contributed by atoms with Crippen LogP contribution >= 0.6 is 31.9 Å². The van der Waals surface area contributed by atoms with Crippen molar-refractivity contribution >= 4 is 42.9 Å². The molecule has 0 bridgehead atoms. The molecule has 0 spiro atoms. The second-order valence-corrected chi connectivity index (χ2v) is 7.31. The Morgan fingerprint density at radius 1 is 1.26 bits per heavy atom. The standard InChI is InChI=1S/C14H16Br2N2O/c1-7-3-2-4-8(7)13(16)9-5-11-12(6-10(9)15)18-14(19)17-11/h5-8,13H,2-4H2,1H3,(H2,17,18,19). The molecule has 3 unspecified atom stereocenters. The summed E-state index contributed by atoms with van der Waals surface area (Å²) in [6, 6.07) is 4.05. The highest BCUT2D eigenvalue weighted by Crippen LogP contribution is 2.46. The molecule has 1 aromatic carbocycles. The normalized spacial score (nSPS) is 25.0. The molecule has 0 amide bonds. The van der Waals surface area contributed by atoms with Crippen molar-refractivity contribution < 1.29 is 0 Å². The molecule has 2 aromatic rings. The highest BCUT2D eigenvalue weighted by atomic mass is 79.9. The van der Waals surface area contributed by atoms with Crippen molar-refractivity contribution in [1.29, 1.82) is 0 Å². The van der Waals surface area contributed by atoms with Crippen molar-refractivity contribution in [2.24, 2.45) is 11.8 Å². The number of alkyl halides is 1. The van der Waals surface area contributed by atoms with E-state index in [0.717, 1.165) is 21.4 Å². The molecule has 0 saturated heterocycles. The highest BCUT2D eigenvalue weighted by molar-refractivity contribution is 9.11. The van der Waals surface area contributed by atoms with E-state index >= 15 is 0 Å². The molecule has 1 fully saturated rings. The summed E-state index contributed by atoms with van der Waals surface area (Å²) >= 11 is 7.49. The topological polar surface area (TPSA) is 48.6 Å². The minimum absolute atomic E-state index is 0.153. The second-order valence-electron chi connectivity index (χ2n) is 5.47. The van der Waals surface area contributed by atoms with Gasteiger partial charge in [0.05, 0.1) is 11.0 Å². The molecular formula is C14H16Br2N2O. The van der Waals surface area contributed by atoms with E-state index in [0.29, 0.717) is 10.7 Å². The van der Waals surface area contributed by atoms with Gasteiger partial charge in [-0.1, -0.05) is 51.6 Å². The maximum atomic E-state index is 11.4. The molecule has 1 aliphatic carbocycles. The van der Waals surface area contributed by atoms with E-state index in [-0.39, 0.29) is 5.69 Å². The third-order valence-corrected chi connectivity index (χ3v) is 6.09. The van der Waals surface area contributed by atoms with Gasteiger partial charge >= 0.3 is 5.69 Å². The van der Waals surface area contributed by atoms with Crippen LogP contribution in [0.15, 0.2) is 21.4 Å². The van der Waals surface area contributed by atoms with Crippen LogP contribution in [-0.2, 0) is 0 Å². The number of hydrogen-bond acceptors (Lipinski definition) is 1. The number of halogens is 2. The zero-order valence-corrected chi connectivity index (χ0v) is 13.8. The Kier molecular flexibility index (Phi) is 3.60. The lowest BCUT2D eigenvalue weighted by Gasteiger charge is -2.23. The van der Waals surface area contributed by atoms with Gasteiger partial charge in [0.25, 0.3) is 0 Å². The Hall–Kier alpha value is -0.550. The number of nitrogens with one attached hydrogen (secondary N) is 2. The molecule has 1 heterocycles. The Morgan fingerprint density at radius 2 is 1.95 bits per heavy atom. The van der Waals surface area contributed by atoms with Crippen molar-refractivity contribution in [2.45, 2.75) is 31.0 Å². The van der Waals surface area contributed by atoms with E-state index in [2.05, 4.69) is 54.8 Å². The summed E-state index contributed by atoms with van der Waals surface area (Å²) in [5, 5.41) is 0. The van der Waals surface area contributed by atoms with E-state index < -0.39 is 0 Å². The van der Waals surface area contributed by atoms with E-state index in [1.165, 1.54) is 24.8 Å². The summed E-state index contributed by atoms with van der Waals surface area (Å²) in [5.74, 6) is 1.41. The van der Waals surface area contributed by atoms with Crippen molar-refractivity contribution in [3.05, 3.63) is 32.7 Å². The molecule has 1 saturated carbocycles. The van der Waals surface area contributed by atoms with Crippen LogP contribution in [0.5, 0.6) is 0 Å². The predicted octanol–water partition coefficient (Wildman–Crippen LogP) is 4.49. The quantitative estimate of drug-likeness (QED) is 0.732. The summed E-state index contributed by atoms with van der Waals surface area (Å²) in [5.41, 5.74) is 2.79. The fraction of sp³-hybridized carbons (Fsp3) is 0.500. The van der Waals surface area contributed by atoms with Gasteiger partial charge in [-0.15, -0.1) is 0 Å². The second kappa shape index (κ2) is 5.09. The molecule has 2 N–H and O–H groups in total. The summed E-state index contributed by atoms with van der Waals surface area (Å²) in [4.78, 5) is 17.3. The molecule has 19 heavy (non-hydrogen) atoms. The molecule has 1 aromatic heterocycles. The van der Waals surface area contributed by atoms with Crippen LogP contribution in [0.2, 0.25) is 0 Å². The SMILES string of the molecule is CC1CCCC1C(Br)c1cc2[nH]c(=O)[nH]c2cc1Br. The fourth-order valence-electron chi connectivity index (χ4n) is 3.12. The van der Waals surface area contributed by atoms with Crippen LogP contribution in [0.1, 0.15) is 36.6 Å². The fourth-order valence-corrected chi connectivity index (χ4v) is 5.18. The van der Waals surface area contributed by atoms with Crippen LogP contribution in [-0.4, -0.2) is 9.97 Å². The first-order valence-corrected chi connectivity index (χ1v) is 8.32. The zero-order chi connectivity index (χ0) is 13.6. The van der Waals surface area contributed by atoms with Crippen molar-refractivity contribution in [3.63, 3.8) is 0 Å². The molecular weight excluding hydrogens is 372 g/mol. The summed E-state index contributed by atoms with van der Waals surface area (Å²) in [7, 11) is 0. The first kappa shape index (κ1) is 13.4. The average Bonchev–Trinajstić information content (AvgIpc) is 2.92. The molecule has 0 radical (unpaired) electrons. The van der Waals surface area contributed by atoms with Crippen molar-refractivity contribution in [2.75, 3.05) is 0 Å². The molecule has 3 nitrogen and oxygen atoms in total. The van der Waals surface area contributed by atoms with Crippen LogP contribution in [0, 0.1) is 11.8 Å². The monoisotopic (exact) mass is 386 g/mol. The Balaban J connectivity index is 2.03. The van der Waals surface area contributed by atoms with Gasteiger partial charge in [0.15, 0.2) is 0 Å². The van der Waals surface area contributed by atoms with Gasteiger partial charge in [-0.3, -0.25) is 0 Å². The Labute approximate surface area is 128 Å². The molecule has 3 rings (SSSR count). The molecule has 3 atom stereocenters. The molecule has 5 heteroatoms. The van der Waals surface area contributed by atoms with E-state index in [1.807, 2.05) is 6.07 Å². The number of hydrogen-bond donors (Lipinski definition) is 2. The van der Waals surface area contributed by atoms with Gasteiger partial charge < -0.3 is 9.97 Å². The van der Waals surface area contributed by atoms with E-state index in [4.69, 9.17) is 0 Å². The maximum absolute atomic E-state index is 11.4. The van der Waals surface area contributed by atoms with Crippen molar-refractivity contribution in [1.82, 2.24) is 9.97 Å². The number of rotatable bonds is 2. The van der Waals surface area contributed by atoms with Gasteiger partial charge in [0.2, 0.25) is 0 Å². The molecule has 102 valence electrons. The van der Waals surface area contributed by atoms with Gasteiger partial charge in [-0.2, -0.15) is 0 Å². The lowest BCUT2D eigenvalue weighted by Crippen LogP contribution is -2.11. The van der Waals surface area contributed by atoms with Crippen molar-refractivity contribution in [3.8, 4) is 0 Å². The van der Waals surface area contributed by atoms with Gasteiger partial charge in [-0.05, 0) is 36.0 Å². The Bertz CT molecular complexity index is 661. The summed E-state index contributed by atoms with van der Waals surface area (Å²) in [6.07, 6.45) is 3.90. The van der Waals surface area contributed by atoms with Crippen LogP contribution in [0.25, 0.3) is 11.0 Å². The zero-order valence-electron chi connectivity index (χ0n) is 10.7. The molecule has 0 aliphatic heterocycles. The maximum Gasteiger partial charge on any atom is 0.323 e. The van der Waals surface area contributed by atoms with Crippen LogP contribution < -0.4 is 5.69 Å². The first-order valence-electron chi connectivity index (χ1n) is 6.62. The van der Waals surface area contributed by atoms with Gasteiger partial charge in [0.1, 0.15) is 0 Å². The summed E-state index contributed by atoms with van der Waals surface area (Å²) < 4.78 is 1.05. The number of fused-ring (bicyclic) bond motifs is 1. The minimum Gasteiger partial charge on any atom is -0.306 e. The smallest absolute Gasteiger partial charge is 0.306 e. The number of H-pyrrole nitrogens is 2. The van der Waals surface area contributed by atoms with Gasteiger partial charge in [-0.25, -0.2) is 4.79 Å². The van der Waals surface area contributed by atoms with Gasteiger partial charge in [0, 0.05) is 9.30 Å². The third-order valence-electron chi connectivity index (χ3n) is 4.23. The lowest BCUT2D eigenvalue weighted by atomic mass is 9.91. The highest BCUT2D eigenvalue weighted by Gasteiger charge is 2.31. The largest absolute Gasteiger partial charge is 0.323 e. The minimum atomic E-state index is -0.153. The lowest BCUT2D eigenvalue weighted by molar-refractivity contribution is 0.414. The van der Waals surface area contributed by atoms with Crippen LogP contribution in [0.4, 0.5) is 0 Å². The predicted molar refractivity (Wildman–Crippen MR) is 84.8 cm³/mol. The first-order chi connectivity index (χ1) is 9.06. The summed E-state index contributed by atoms with van der Waals surface area (Å²) in [6.45, 7) is 2.33. The Morgan fingerprint density at radius 3 is 2.58 bits per heavy atom. The van der Waals surface area contributed by atoms with E-state index in [9.17, 15) is 4.79 Å². The number of aromatic nitrogens is 2. The van der Waals surface area contributed by atoms with Crippen LogP contribution in [0.3, 0.4) is 0 Å². The average molecular weight is 388 g/mol. The van der Waals surface area contributed by atoms with E-state index in [1.54, 1.807) is 0 Å². The number of imidazole rings is 1.